The van der Waals surface area contributed by atoms with Crippen LogP contribution in [-0.4, -0.2) is 24.7 Å². The Hall–Kier alpha value is -1.62. The van der Waals surface area contributed by atoms with Crippen LogP contribution in [0.3, 0.4) is 0 Å². The highest BCUT2D eigenvalue weighted by molar-refractivity contribution is 5.89. The van der Waals surface area contributed by atoms with Crippen LogP contribution in [-0.2, 0) is 9.53 Å². The molecule has 1 fully saturated rings. The van der Waals surface area contributed by atoms with Gasteiger partial charge in [-0.05, 0) is 38.0 Å². The van der Waals surface area contributed by atoms with Gasteiger partial charge >= 0.3 is 0 Å². The molecule has 104 valence electrons. The Labute approximate surface area is 112 Å². The minimum atomic E-state index is -0.333. The maximum absolute atomic E-state index is 13.6. The lowest BCUT2D eigenvalue weighted by Crippen LogP contribution is -2.20. The normalized spacial score (nSPS) is 22.3. The Morgan fingerprint density at radius 3 is 2.89 bits per heavy atom. The first-order valence-electron chi connectivity index (χ1n) is 6.51. The van der Waals surface area contributed by atoms with E-state index >= 15 is 0 Å². The summed E-state index contributed by atoms with van der Waals surface area (Å²) in [5.41, 5.74) is 0.964. The van der Waals surface area contributed by atoms with E-state index in [1.165, 1.54) is 19.1 Å². The number of nitrogens with one attached hydrogen (secondary N) is 2. The molecule has 1 heterocycles. The lowest BCUT2D eigenvalue weighted by Gasteiger charge is -2.14. The fourth-order valence-electron chi connectivity index (χ4n) is 2.20. The Morgan fingerprint density at radius 1 is 1.47 bits per heavy atom. The Bertz CT molecular complexity index is 465. The van der Waals surface area contributed by atoms with Gasteiger partial charge in [0, 0.05) is 19.2 Å². The highest BCUT2D eigenvalue weighted by atomic mass is 19.1. The second-order valence-electron chi connectivity index (χ2n) is 4.90. The quantitative estimate of drug-likeness (QED) is 0.881. The van der Waals surface area contributed by atoms with Crippen molar-refractivity contribution in [3.05, 3.63) is 24.0 Å². The predicted octanol–water partition coefficient (Wildman–Crippen LogP) is 2.76. The molecule has 2 N–H and O–H groups in total. The summed E-state index contributed by atoms with van der Waals surface area (Å²) in [6, 6.07) is 4.47. The Kier molecular flexibility index (Phi) is 4.37. The van der Waals surface area contributed by atoms with Crippen LogP contribution in [0, 0.1) is 5.82 Å². The second-order valence-corrected chi connectivity index (χ2v) is 4.90. The minimum absolute atomic E-state index is 0.124. The predicted molar refractivity (Wildman–Crippen MR) is 72.8 cm³/mol. The number of benzene rings is 1. The lowest BCUT2D eigenvalue weighted by atomic mass is 10.2. The molecule has 19 heavy (non-hydrogen) atoms. The lowest BCUT2D eigenvalue weighted by molar-refractivity contribution is -0.114. The third-order valence-corrected chi connectivity index (χ3v) is 3.13. The molecular weight excluding hydrogens is 247 g/mol. The van der Waals surface area contributed by atoms with Gasteiger partial charge in [0.05, 0.1) is 17.9 Å². The van der Waals surface area contributed by atoms with Crippen molar-refractivity contribution in [3.8, 4) is 0 Å². The fourth-order valence-corrected chi connectivity index (χ4v) is 2.20. The molecule has 2 unspecified atom stereocenters. The zero-order valence-electron chi connectivity index (χ0n) is 11.2. The van der Waals surface area contributed by atoms with Crippen molar-refractivity contribution in [2.45, 2.75) is 38.9 Å². The third kappa shape index (κ3) is 3.92. The highest BCUT2D eigenvalue weighted by Gasteiger charge is 2.21. The van der Waals surface area contributed by atoms with Crippen LogP contribution in [0.25, 0.3) is 0 Å². The standard InChI is InChI=1S/C14H19FN2O2/c1-9-3-5-12(19-9)8-16-14-7-11(17-10(2)18)4-6-13(14)15/h4,6-7,9,12,16H,3,5,8H2,1-2H3,(H,17,18). The number of anilines is 2. The number of rotatable bonds is 4. The van der Waals surface area contributed by atoms with Gasteiger partial charge in [-0.25, -0.2) is 4.39 Å². The number of hydrogen-bond donors (Lipinski definition) is 2. The SMILES string of the molecule is CC(=O)Nc1ccc(F)c(NCC2CCC(C)O2)c1. The first-order valence-corrected chi connectivity index (χ1v) is 6.51. The monoisotopic (exact) mass is 266 g/mol. The number of hydrogen-bond acceptors (Lipinski definition) is 3. The van der Waals surface area contributed by atoms with Crippen molar-refractivity contribution in [3.63, 3.8) is 0 Å². The third-order valence-electron chi connectivity index (χ3n) is 3.13. The molecule has 1 aliphatic rings. The number of carbonyl (C=O) groups excluding carboxylic acids is 1. The topological polar surface area (TPSA) is 50.4 Å². The van der Waals surface area contributed by atoms with Crippen molar-refractivity contribution in [2.75, 3.05) is 17.2 Å². The summed E-state index contributed by atoms with van der Waals surface area (Å²) in [5.74, 6) is -0.509. The van der Waals surface area contributed by atoms with Crippen LogP contribution in [0.4, 0.5) is 15.8 Å². The molecule has 5 heteroatoms. The van der Waals surface area contributed by atoms with E-state index in [1.54, 1.807) is 6.07 Å². The first-order chi connectivity index (χ1) is 9.04. The molecule has 0 aromatic heterocycles. The summed E-state index contributed by atoms with van der Waals surface area (Å²) in [4.78, 5) is 11.0. The number of ether oxygens (including phenoxy) is 1. The zero-order valence-corrected chi connectivity index (χ0v) is 11.2. The molecule has 4 nitrogen and oxygen atoms in total. The molecule has 0 radical (unpaired) electrons. The maximum Gasteiger partial charge on any atom is 0.221 e. The van der Waals surface area contributed by atoms with Crippen LogP contribution >= 0.6 is 0 Å². The van der Waals surface area contributed by atoms with Gasteiger partial charge in [-0.1, -0.05) is 0 Å². The summed E-state index contributed by atoms with van der Waals surface area (Å²) in [7, 11) is 0. The summed E-state index contributed by atoms with van der Waals surface area (Å²) in [5, 5.41) is 5.67. The molecule has 1 amide bonds. The van der Waals surface area contributed by atoms with E-state index in [2.05, 4.69) is 10.6 Å². The van der Waals surface area contributed by atoms with Crippen molar-refractivity contribution in [2.24, 2.45) is 0 Å². The molecule has 2 atom stereocenters. The fraction of sp³-hybridized carbons (Fsp3) is 0.500. The van der Waals surface area contributed by atoms with Gasteiger partial charge in [0.2, 0.25) is 5.91 Å². The summed E-state index contributed by atoms with van der Waals surface area (Å²) in [6.45, 7) is 4.03. The van der Waals surface area contributed by atoms with Gasteiger partial charge < -0.3 is 15.4 Å². The van der Waals surface area contributed by atoms with E-state index in [0.717, 1.165) is 12.8 Å². The van der Waals surface area contributed by atoms with Gasteiger partial charge in [0.1, 0.15) is 5.82 Å². The van der Waals surface area contributed by atoms with Gasteiger partial charge in [0.15, 0.2) is 0 Å². The summed E-state index contributed by atoms with van der Waals surface area (Å²) >= 11 is 0. The first kappa shape index (κ1) is 13.8. The Balaban J connectivity index is 1.96. The molecule has 0 saturated carbocycles. The van der Waals surface area contributed by atoms with Crippen LogP contribution in [0.1, 0.15) is 26.7 Å². The second kappa shape index (κ2) is 6.02. The largest absolute Gasteiger partial charge is 0.380 e. The van der Waals surface area contributed by atoms with E-state index < -0.39 is 0 Å². The summed E-state index contributed by atoms with van der Waals surface area (Å²) in [6.07, 6.45) is 2.43. The van der Waals surface area contributed by atoms with Crippen LogP contribution < -0.4 is 10.6 Å². The van der Waals surface area contributed by atoms with Crippen molar-refractivity contribution in [1.29, 1.82) is 0 Å². The Morgan fingerprint density at radius 2 is 2.26 bits per heavy atom. The van der Waals surface area contributed by atoms with E-state index in [0.29, 0.717) is 17.9 Å². The average molecular weight is 266 g/mol. The van der Waals surface area contributed by atoms with Gasteiger partial charge in [0.25, 0.3) is 0 Å². The van der Waals surface area contributed by atoms with Gasteiger partial charge in [-0.3, -0.25) is 4.79 Å². The zero-order chi connectivity index (χ0) is 13.8. The molecule has 1 saturated heterocycles. The molecular formula is C14H19FN2O2. The number of halogens is 1. The molecule has 1 aliphatic heterocycles. The van der Waals surface area contributed by atoms with Crippen LogP contribution in [0.2, 0.25) is 0 Å². The van der Waals surface area contributed by atoms with Crippen LogP contribution in [0.5, 0.6) is 0 Å². The van der Waals surface area contributed by atoms with Gasteiger partial charge in [-0.2, -0.15) is 0 Å². The average Bonchev–Trinajstić information content (AvgIpc) is 2.75. The van der Waals surface area contributed by atoms with Crippen LogP contribution in [0.15, 0.2) is 18.2 Å². The van der Waals surface area contributed by atoms with Gasteiger partial charge in [-0.15, -0.1) is 0 Å². The molecule has 1 aromatic carbocycles. The molecule has 1 aromatic rings. The molecule has 0 spiro atoms. The smallest absolute Gasteiger partial charge is 0.221 e. The van der Waals surface area contributed by atoms with Crippen molar-refractivity contribution < 1.29 is 13.9 Å². The van der Waals surface area contributed by atoms with Crippen molar-refractivity contribution >= 4 is 17.3 Å². The van der Waals surface area contributed by atoms with E-state index in [1.807, 2.05) is 6.92 Å². The molecule has 0 bridgehead atoms. The van der Waals surface area contributed by atoms with E-state index in [-0.39, 0.29) is 23.9 Å². The maximum atomic E-state index is 13.6. The minimum Gasteiger partial charge on any atom is -0.380 e. The molecule has 2 rings (SSSR count). The van der Waals surface area contributed by atoms with E-state index in [4.69, 9.17) is 4.74 Å². The number of carbonyl (C=O) groups is 1. The van der Waals surface area contributed by atoms with Crippen molar-refractivity contribution in [1.82, 2.24) is 0 Å². The number of amides is 1. The van der Waals surface area contributed by atoms with E-state index in [9.17, 15) is 9.18 Å². The summed E-state index contributed by atoms with van der Waals surface area (Å²) < 4.78 is 19.3. The molecule has 0 aliphatic carbocycles. The highest BCUT2D eigenvalue weighted by Crippen LogP contribution is 2.22.